The fourth-order valence-corrected chi connectivity index (χ4v) is 2.31. The zero-order chi connectivity index (χ0) is 15.2. The van der Waals surface area contributed by atoms with Crippen molar-refractivity contribution < 1.29 is 4.74 Å². The van der Waals surface area contributed by atoms with Crippen LogP contribution in [0.25, 0.3) is 11.4 Å². The first-order valence-corrected chi connectivity index (χ1v) is 7.69. The maximum atomic E-state index is 4.99. The Labute approximate surface area is 134 Å². The molecule has 1 N–H and O–H groups in total. The monoisotopic (exact) mass is 349 g/mol. The van der Waals surface area contributed by atoms with Gasteiger partial charge in [-0.3, -0.25) is 0 Å². The fraction of sp³-hybridized carbons (Fsp3) is 0.375. The van der Waals surface area contributed by atoms with Crippen molar-refractivity contribution in [2.24, 2.45) is 0 Å². The second-order valence-electron chi connectivity index (χ2n) is 5.01. The summed E-state index contributed by atoms with van der Waals surface area (Å²) in [5.74, 6) is 0.759. The normalized spacial score (nSPS) is 10.9. The first-order chi connectivity index (χ1) is 10.1. The molecule has 0 aliphatic carbocycles. The van der Waals surface area contributed by atoms with Crippen LogP contribution in [0.15, 0.2) is 29.0 Å². The van der Waals surface area contributed by atoms with Gasteiger partial charge in [-0.1, -0.05) is 15.9 Å². The molecule has 0 unspecified atom stereocenters. The van der Waals surface area contributed by atoms with Crippen LogP contribution in [0.5, 0.6) is 0 Å². The van der Waals surface area contributed by atoms with E-state index >= 15 is 0 Å². The summed E-state index contributed by atoms with van der Waals surface area (Å²) < 4.78 is 6.13. The Hall–Kier alpha value is -1.30. The number of hydrogen-bond donors (Lipinski definition) is 1. The maximum absolute atomic E-state index is 4.99. The SMILES string of the molecule is COCCNCc1cnc(-c2cc(C)c(Br)c(C)c2)nc1. The third-order valence-corrected chi connectivity index (χ3v) is 4.46. The number of halogens is 1. The van der Waals surface area contributed by atoms with E-state index in [-0.39, 0.29) is 0 Å². The average molecular weight is 350 g/mol. The number of aromatic nitrogens is 2. The number of aryl methyl sites for hydroxylation is 2. The topological polar surface area (TPSA) is 47.0 Å². The number of hydrogen-bond acceptors (Lipinski definition) is 4. The Bertz CT molecular complexity index is 576. The molecule has 0 saturated carbocycles. The minimum atomic E-state index is 0.705. The van der Waals surface area contributed by atoms with E-state index < -0.39 is 0 Å². The maximum Gasteiger partial charge on any atom is 0.159 e. The van der Waals surface area contributed by atoms with Gasteiger partial charge in [0.1, 0.15) is 0 Å². The third-order valence-electron chi connectivity index (χ3n) is 3.21. The van der Waals surface area contributed by atoms with Crippen LogP contribution in [-0.2, 0) is 11.3 Å². The third kappa shape index (κ3) is 4.33. The van der Waals surface area contributed by atoms with Gasteiger partial charge in [-0.25, -0.2) is 9.97 Å². The molecule has 0 spiro atoms. The summed E-state index contributed by atoms with van der Waals surface area (Å²) in [7, 11) is 1.70. The molecule has 0 saturated heterocycles. The molecule has 0 aliphatic rings. The van der Waals surface area contributed by atoms with Gasteiger partial charge in [0.15, 0.2) is 5.82 Å². The molecule has 0 fully saturated rings. The summed E-state index contributed by atoms with van der Waals surface area (Å²) in [4.78, 5) is 8.92. The Morgan fingerprint density at radius 2 is 1.76 bits per heavy atom. The highest BCUT2D eigenvalue weighted by atomic mass is 79.9. The molecule has 2 aromatic rings. The van der Waals surface area contributed by atoms with Crippen molar-refractivity contribution in [3.05, 3.63) is 45.7 Å². The second-order valence-corrected chi connectivity index (χ2v) is 5.80. The lowest BCUT2D eigenvalue weighted by atomic mass is 10.1. The van der Waals surface area contributed by atoms with Crippen molar-refractivity contribution in [2.45, 2.75) is 20.4 Å². The van der Waals surface area contributed by atoms with Gasteiger partial charge in [0.25, 0.3) is 0 Å². The smallest absolute Gasteiger partial charge is 0.159 e. The zero-order valence-corrected chi connectivity index (χ0v) is 14.2. The molecular formula is C16H20BrN3O. The van der Waals surface area contributed by atoms with Crippen LogP contribution < -0.4 is 5.32 Å². The van der Waals surface area contributed by atoms with Crippen molar-refractivity contribution in [1.82, 2.24) is 15.3 Å². The first kappa shape index (κ1) is 16.1. The van der Waals surface area contributed by atoms with Crippen molar-refractivity contribution in [1.29, 1.82) is 0 Å². The van der Waals surface area contributed by atoms with Gasteiger partial charge < -0.3 is 10.1 Å². The summed E-state index contributed by atoms with van der Waals surface area (Å²) in [6.45, 7) is 6.44. The molecule has 21 heavy (non-hydrogen) atoms. The van der Waals surface area contributed by atoms with E-state index in [9.17, 15) is 0 Å². The number of ether oxygens (including phenoxy) is 1. The quantitative estimate of drug-likeness (QED) is 0.813. The Morgan fingerprint density at radius 1 is 1.14 bits per heavy atom. The van der Waals surface area contributed by atoms with E-state index in [1.54, 1.807) is 7.11 Å². The number of methoxy groups -OCH3 is 1. The van der Waals surface area contributed by atoms with Crippen molar-refractivity contribution in [3.63, 3.8) is 0 Å². The van der Waals surface area contributed by atoms with Crippen LogP contribution >= 0.6 is 15.9 Å². The van der Waals surface area contributed by atoms with E-state index in [1.165, 1.54) is 11.1 Å². The lowest BCUT2D eigenvalue weighted by Crippen LogP contribution is -2.18. The number of rotatable bonds is 6. The van der Waals surface area contributed by atoms with Crippen LogP contribution in [0.4, 0.5) is 0 Å². The van der Waals surface area contributed by atoms with Crippen LogP contribution in [0.1, 0.15) is 16.7 Å². The predicted octanol–water partition coefficient (Wildman–Crippen LogP) is 3.26. The molecule has 4 nitrogen and oxygen atoms in total. The van der Waals surface area contributed by atoms with Gasteiger partial charge in [0.2, 0.25) is 0 Å². The summed E-state index contributed by atoms with van der Waals surface area (Å²) >= 11 is 3.58. The first-order valence-electron chi connectivity index (χ1n) is 6.89. The fourth-order valence-electron chi connectivity index (χ4n) is 2.08. The van der Waals surface area contributed by atoms with Crippen molar-refractivity contribution in [3.8, 4) is 11.4 Å². The van der Waals surface area contributed by atoms with E-state index in [1.807, 2.05) is 12.4 Å². The van der Waals surface area contributed by atoms with Gasteiger partial charge in [-0.15, -0.1) is 0 Å². The Balaban J connectivity index is 2.08. The van der Waals surface area contributed by atoms with Gasteiger partial charge >= 0.3 is 0 Å². The average Bonchev–Trinajstić information content (AvgIpc) is 2.49. The van der Waals surface area contributed by atoms with Crippen molar-refractivity contribution >= 4 is 15.9 Å². The molecule has 1 heterocycles. The molecule has 1 aromatic carbocycles. The molecule has 5 heteroatoms. The lowest BCUT2D eigenvalue weighted by molar-refractivity contribution is 0.199. The standard InChI is InChI=1S/C16H20BrN3O/c1-11-6-14(7-12(2)15(11)17)16-19-9-13(10-20-16)8-18-4-5-21-3/h6-7,9-10,18H,4-5,8H2,1-3H3. The largest absolute Gasteiger partial charge is 0.383 e. The van der Waals surface area contributed by atoms with E-state index in [0.29, 0.717) is 6.61 Å². The summed E-state index contributed by atoms with van der Waals surface area (Å²) in [5.41, 5.74) is 4.50. The van der Waals surface area contributed by atoms with Gasteiger partial charge in [-0.2, -0.15) is 0 Å². The summed E-state index contributed by atoms with van der Waals surface area (Å²) in [6.07, 6.45) is 3.74. The molecule has 0 amide bonds. The Morgan fingerprint density at radius 3 is 2.33 bits per heavy atom. The summed E-state index contributed by atoms with van der Waals surface area (Å²) in [6, 6.07) is 4.20. The molecule has 0 radical (unpaired) electrons. The molecule has 0 atom stereocenters. The molecule has 2 rings (SSSR count). The number of benzene rings is 1. The molecular weight excluding hydrogens is 330 g/mol. The molecule has 112 valence electrons. The summed E-state index contributed by atoms with van der Waals surface area (Å²) in [5, 5.41) is 3.28. The van der Waals surface area contributed by atoms with E-state index in [2.05, 4.69) is 57.2 Å². The molecule has 0 bridgehead atoms. The van der Waals surface area contributed by atoms with Crippen LogP contribution in [0.2, 0.25) is 0 Å². The van der Waals surface area contributed by atoms with E-state index in [4.69, 9.17) is 4.74 Å². The predicted molar refractivity (Wildman–Crippen MR) is 88.2 cm³/mol. The van der Waals surface area contributed by atoms with Crippen LogP contribution in [0, 0.1) is 13.8 Å². The lowest BCUT2D eigenvalue weighted by Gasteiger charge is -2.08. The zero-order valence-electron chi connectivity index (χ0n) is 12.6. The van der Waals surface area contributed by atoms with Crippen molar-refractivity contribution in [2.75, 3.05) is 20.3 Å². The van der Waals surface area contributed by atoms with E-state index in [0.717, 1.165) is 34.5 Å². The highest BCUT2D eigenvalue weighted by Crippen LogP contribution is 2.26. The minimum Gasteiger partial charge on any atom is -0.383 e. The van der Waals surface area contributed by atoms with Gasteiger partial charge in [-0.05, 0) is 37.1 Å². The second kappa shape index (κ2) is 7.64. The highest BCUT2D eigenvalue weighted by Gasteiger charge is 2.06. The molecule has 1 aromatic heterocycles. The van der Waals surface area contributed by atoms with Gasteiger partial charge in [0, 0.05) is 48.2 Å². The Kier molecular flexibility index (Phi) is 5.85. The molecule has 0 aliphatic heterocycles. The van der Waals surface area contributed by atoms with Crippen LogP contribution in [0.3, 0.4) is 0 Å². The van der Waals surface area contributed by atoms with Gasteiger partial charge in [0.05, 0.1) is 6.61 Å². The minimum absolute atomic E-state index is 0.705. The number of nitrogens with one attached hydrogen (secondary N) is 1. The number of nitrogens with zero attached hydrogens (tertiary/aromatic N) is 2. The van der Waals surface area contributed by atoms with Crippen LogP contribution in [-0.4, -0.2) is 30.2 Å². The highest BCUT2D eigenvalue weighted by molar-refractivity contribution is 9.10.